The number of hydrogen-bond donors (Lipinski definition) is 1. The van der Waals surface area contributed by atoms with Crippen LogP contribution in [0, 0.1) is 12.3 Å². The molecule has 1 amide bonds. The quantitative estimate of drug-likeness (QED) is 0.642. The second-order valence-corrected chi connectivity index (χ2v) is 10.3. The first-order valence-corrected chi connectivity index (χ1v) is 11.8. The van der Waals surface area contributed by atoms with Gasteiger partial charge in [0, 0.05) is 29.9 Å². The summed E-state index contributed by atoms with van der Waals surface area (Å²) < 4.78 is 38.5. The van der Waals surface area contributed by atoms with Gasteiger partial charge in [-0.3, -0.25) is 4.79 Å². The molecule has 1 fully saturated rings. The van der Waals surface area contributed by atoms with Crippen molar-refractivity contribution in [3.63, 3.8) is 0 Å². The average Bonchev–Trinajstić information content (AvgIpc) is 2.74. The smallest absolute Gasteiger partial charge is 0.243 e. The monoisotopic (exact) mass is 466 g/mol. The highest BCUT2D eigenvalue weighted by atomic mass is 35.5. The molecule has 168 valence electrons. The number of primary amides is 1. The third-order valence-electron chi connectivity index (χ3n) is 5.70. The van der Waals surface area contributed by atoms with Gasteiger partial charge in [-0.2, -0.15) is 4.31 Å². The molecule has 0 aliphatic carbocycles. The van der Waals surface area contributed by atoms with E-state index in [1.807, 2.05) is 13.0 Å². The van der Waals surface area contributed by atoms with Gasteiger partial charge in [-0.1, -0.05) is 11.6 Å². The summed E-state index contributed by atoms with van der Waals surface area (Å²) in [5, 5.41) is 0.649. The van der Waals surface area contributed by atoms with E-state index in [1.54, 1.807) is 24.3 Å². The maximum atomic E-state index is 13.0. The molecule has 0 aromatic heterocycles. The molecule has 0 spiro atoms. The fraction of sp³-hybridized carbons (Fsp3) is 0.409. The number of piperidine rings is 1. The Kier molecular flexibility index (Phi) is 7.13. The normalized spacial score (nSPS) is 16.6. The Morgan fingerprint density at radius 3 is 2.29 bits per heavy atom. The van der Waals surface area contributed by atoms with Gasteiger partial charge in [0.25, 0.3) is 0 Å². The summed E-state index contributed by atoms with van der Waals surface area (Å²) >= 11 is 6.07. The summed E-state index contributed by atoms with van der Waals surface area (Å²) in [6.07, 6.45) is 1.08. The van der Waals surface area contributed by atoms with E-state index >= 15 is 0 Å². The molecule has 0 saturated carbocycles. The minimum absolute atomic E-state index is 0.135. The van der Waals surface area contributed by atoms with Gasteiger partial charge >= 0.3 is 0 Å². The van der Waals surface area contributed by atoms with Crippen LogP contribution >= 0.6 is 11.6 Å². The molecule has 0 radical (unpaired) electrons. The van der Waals surface area contributed by atoms with Crippen LogP contribution in [0.4, 0.5) is 0 Å². The third-order valence-corrected chi connectivity index (χ3v) is 8.04. The lowest BCUT2D eigenvalue weighted by atomic mass is 9.76. The van der Waals surface area contributed by atoms with E-state index in [9.17, 15) is 13.2 Å². The molecule has 1 aliphatic heterocycles. The van der Waals surface area contributed by atoms with E-state index in [0.717, 1.165) is 5.56 Å². The van der Waals surface area contributed by atoms with Crippen molar-refractivity contribution in [2.45, 2.75) is 31.1 Å². The number of halogens is 1. The molecular formula is C22H27ClN2O5S. The van der Waals surface area contributed by atoms with Crippen LogP contribution < -0.4 is 15.2 Å². The Hall–Kier alpha value is -2.29. The first kappa shape index (κ1) is 23.4. The molecule has 31 heavy (non-hydrogen) atoms. The molecule has 9 heteroatoms. The zero-order chi connectivity index (χ0) is 22.6. The number of rotatable bonds is 8. The van der Waals surface area contributed by atoms with Crippen LogP contribution in [0.3, 0.4) is 0 Å². The standard InChI is InChI=1S/C22H27ClN2O5S/c1-16-13-18(5-8-20(16)23)30-15-22(14-21(24)26)9-11-25(12-10-22)31(27,28)19-6-3-17(29-2)4-7-19/h3-8,13H,9-12,14-15H2,1-2H3,(H2,24,26). The Bertz CT molecular complexity index is 1030. The van der Waals surface area contributed by atoms with Crippen molar-refractivity contribution in [2.75, 3.05) is 26.8 Å². The van der Waals surface area contributed by atoms with Crippen molar-refractivity contribution in [3.8, 4) is 11.5 Å². The summed E-state index contributed by atoms with van der Waals surface area (Å²) in [6.45, 7) is 2.72. The van der Waals surface area contributed by atoms with E-state index in [4.69, 9.17) is 26.8 Å². The van der Waals surface area contributed by atoms with Gasteiger partial charge in [0.15, 0.2) is 0 Å². The number of nitrogens with two attached hydrogens (primary N) is 1. The topological polar surface area (TPSA) is 98.9 Å². The number of aryl methyl sites for hydroxylation is 1. The first-order chi connectivity index (χ1) is 14.6. The summed E-state index contributed by atoms with van der Waals surface area (Å²) in [7, 11) is -2.11. The SMILES string of the molecule is COc1ccc(S(=O)(=O)N2CCC(COc3ccc(Cl)c(C)c3)(CC(N)=O)CC2)cc1. The summed E-state index contributed by atoms with van der Waals surface area (Å²) in [6, 6.07) is 11.7. The highest BCUT2D eigenvalue weighted by Crippen LogP contribution is 2.38. The van der Waals surface area contributed by atoms with Gasteiger partial charge in [0.2, 0.25) is 15.9 Å². The van der Waals surface area contributed by atoms with Crippen LogP contribution in [0.2, 0.25) is 5.02 Å². The van der Waals surface area contributed by atoms with Gasteiger partial charge in [0.1, 0.15) is 11.5 Å². The maximum absolute atomic E-state index is 13.0. The molecule has 0 atom stereocenters. The van der Waals surface area contributed by atoms with Crippen molar-refractivity contribution >= 4 is 27.5 Å². The number of carbonyl (C=O) groups excluding carboxylic acids is 1. The lowest BCUT2D eigenvalue weighted by Gasteiger charge is -2.40. The fourth-order valence-corrected chi connectivity index (χ4v) is 5.34. The third kappa shape index (κ3) is 5.50. The summed E-state index contributed by atoms with van der Waals surface area (Å²) in [5.41, 5.74) is 5.87. The van der Waals surface area contributed by atoms with Crippen LogP contribution in [-0.4, -0.2) is 45.4 Å². The number of amides is 1. The zero-order valence-corrected chi connectivity index (χ0v) is 19.2. The molecule has 2 N–H and O–H groups in total. The zero-order valence-electron chi connectivity index (χ0n) is 17.6. The average molecular weight is 467 g/mol. The van der Waals surface area contributed by atoms with Crippen molar-refractivity contribution < 1.29 is 22.7 Å². The van der Waals surface area contributed by atoms with E-state index < -0.39 is 21.3 Å². The summed E-state index contributed by atoms with van der Waals surface area (Å²) in [4.78, 5) is 12.0. The highest BCUT2D eigenvalue weighted by molar-refractivity contribution is 7.89. The number of nitrogens with zero attached hydrogens (tertiary/aromatic N) is 1. The van der Waals surface area contributed by atoms with Crippen molar-refractivity contribution in [2.24, 2.45) is 11.1 Å². The number of benzene rings is 2. The molecule has 0 unspecified atom stereocenters. The number of carbonyl (C=O) groups is 1. The fourth-order valence-electron chi connectivity index (χ4n) is 3.78. The van der Waals surface area contributed by atoms with Gasteiger partial charge in [0.05, 0.1) is 18.6 Å². The lowest BCUT2D eigenvalue weighted by Crippen LogP contribution is -2.47. The molecule has 0 bridgehead atoms. The molecule has 7 nitrogen and oxygen atoms in total. The van der Waals surface area contributed by atoms with Crippen LogP contribution in [-0.2, 0) is 14.8 Å². The second-order valence-electron chi connectivity index (χ2n) is 7.92. The van der Waals surface area contributed by atoms with Crippen molar-refractivity contribution in [1.82, 2.24) is 4.31 Å². The van der Waals surface area contributed by atoms with Gasteiger partial charge in [-0.25, -0.2) is 8.42 Å². The van der Waals surface area contributed by atoms with Crippen molar-refractivity contribution in [3.05, 3.63) is 53.1 Å². The van der Waals surface area contributed by atoms with Crippen LogP contribution in [0.25, 0.3) is 0 Å². The molecular weight excluding hydrogens is 440 g/mol. The van der Waals surface area contributed by atoms with E-state index in [1.165, 1.54) is 23.5 Å². The molecule has 1 saturated heterocycles. The largest absolute Gasteiger partial charge is 0.497 e. The van der Waals surface area contributed by atoms with Crippen LogP contribution in [0.1, 0.15) is 24.8 Å². The van der Waals surface area contributed by atoms with E-state index in [2.05, 4.69) is 0 Å². The molecule has 2 aromatic rings. The van der Waals surface area contributed by atoms with Crippen LogP contribution in [0.5, 0.6) is 11.5 Å². The predicted molar refractivity (Wildman–Crippen MR) is 119 cm³/mol. The highest BCUT2D eigenvalue weighted by Gasteiger charge is 2.40. The molecule has 1 aliphatic rings. The van der Waals surface area contributed by atoms with Crippen molar-refractivity contribution in [1.29, 1.82) is 0 Å². The Labute approximate surface area is 188 Å². The second kappa shape index (κ2) is 9.46. The summed E-state index contributed by atoms with van der Waals surface area (Å²) in [5.74, 6) is 0.814. The number of sulfonamides is 1. The number of methoxy groups -OCH3 is 1. The Balaban J connectivity index is 1.71. The Morgan fingerprint density at radius 1 is 1.13 bits per heavy atom. The number of ether oxygens (including phenoxy) is 2. The molecule has 2 aromatic carbocycles. The lowest BCUT2D eigenvalue weighted by molar-refractivity contribution is -0.121. The molecule has 1 heterocycles. The predicted octanol–water partition coefficient (Wildman–Crippen LogP) is 3.38. The Morgan fingerprint density at radius 2 is 1.74 bits per heavy atom. The minimum Gasteiger partial charge on any atom is -0.497 e. The first-order valence-electron chi connectivity index (χ1n) is 9.97. The minimum atomic E-state index is -3.64. The van der Waals surface area contributed by atoms with Gasteiger partial charge in [-0.05, 0) is 67.8 Å². The van der Waals surface area contributed by atoms with Gasteiger partial charge < -0.3 is 15.2 Å². The van der Waals surface area contributed by atoms with Crippen LogP contribution in [0.15, 0.2) is 47.4 Å². The number of hydrogen-bond acceptors (Lipinski definition) is 5. The maximum Gasteiger partial charge on any atom is 0.243 e. The van der Waals surface area contributed by atoms with Gasteiger partial charge in [-0.15, -0.1) is 0 Å². The van der Waals surface area contributed by atoms with E-state index in [-0.39, 0.29) is 31.0 Å². The molecule has 3 rings (SSSR count). The van der Waals surface area contributed by atoms with E-state index in [0.29, 0.717) is 29.4 Å².